The van der Waals surface area contributed by atoms with Gasteiger partial charge in [-0.3, -0.25) is 10.1 Å². The summed E-state index contributed by atoms with van der Waals surface area (Å²) in [6.07, 6.45) is 5.80. The third-order valence-corrected chi connectivity index (χ3v) is 3.37. The van der Waals surface area contributed by atoms with Gasteiger partial charge in [0.1, 0.15) is 11.4 Å². The standard InChI is InChI=1S/C13H18N2O3/c1-18-11-7-8-13(15(16)17)12(9-11)14-10-5-3-2-4-6-10/h7-10,14H,2-6H2,1H3. The molecule has 0 atom stereocenters. The van der Waals surface area contributed by atoms with E-state index in [4.69, 9.17) is 4.74 Å². The van der Waals surface area contributed by atoms with E-state index in [9.17, 15) is 10.1 Å². The Hall–Kier alpha value is -1.78. The van der Waals surface area contributed by atoms with Crippen molar-refractivity contribution >= 4 is 11.4 Å². The summed E-state index contributed by atoms with van der Waals surface area (Å²) in [6.45, 7) is 0. The molecule has 5 nitrogen and oxygen atoms in total. The lowest BCUT2D eigenvalue weighted by molar-refractivity contribution is -0.384. The number of nitro groups is 1. The Morgan fingerprint density at radius 3 is 2.67 bits per heavy atom. The predicted molar refractivity (Wildman–Crippen MR) is 70.1 cm³/mol. The average molecular weight is 250 g/mol. The zero-order chi connectivity index (χ0) is 13.0. The SMILES string of the molecule is COc1ccc([N+](=O)[O-])c(NC2CCCCC2)c1. The first kappa shape index (κ1) is 12.7. The van der Waals surface area contributed by atoms with Gasteiger partial charge in [-0.2, -0.15) is 0 Å². The number of methoxy groups -OCH3 is 1. The second-order valence-corrected chi connectivity index (χ2v) is 4.62. The molecule has 0 radical (unpaired) electrons. The molecule has 1 aliphatic rings. The first-order valence-corrected chi connectivity index (χ1v) is 6.29. The van der Waals surface area contributed by atoms with Crippen molar-refractivity contribution in [1.29, 1.82) is 0 Å². The van der Waals surface area contributed by atoms with Gasteiger partial charge in [0, 0.05) is 18.2 Å². The van der Waals surface area contributed by atoms with Crippen molar-refractivity contribution in [3.8, 4) is 5.75 Å². The Labute approximate surface area is 106 Å². The number of benzene rings is 1. The lowest BCUT2D eigenvalue weighted by atomic mass is 9.95. The number of nitro benzene ring substituents is 1. The molecule has 1 aromatic rings. The van der Waals surface area contributed by atoms with Crippen molar-refractivity contribution in [2.75, 3.05) is 12.4 Å². The zero-order valence-electron chi connectivity index (χ0n) is 10.5. The fraction of sp³-hybridized carbons (Fsp3) is 0.538. The van der Waals surface area contributed by atoms with E-state index in [1.807, 2.05) is 0 Å². The molecule has 2 rings (SSSR count). The summed E-state index contributed by atoms with van der Waals surface area (Å²) in [5.74, 6) is 0.638. The van der Waals surface area contributed by atoms with E-state index in [0.717, 1.165) is 12.8 Å². The maximum atomic E-state index is 11.0. The number of ether oxygens (including phenoxy) is 1. The van der Waals surface area contributed by atoms with Crippen LogP contribution in [0.4, 0.5) is 11.4 Å². The largest absolute Gasteiger partial charge is 0.497 e. The molecule has 1 N–H and O–H groups in total. The minimum Gasteiger partial charge on any atom is -0.497 e. The molecule has 0 aliphatic heterocycles. The monoisotopic (exact) mass is 250 g/mol. The second-order valence-electron chi connectivity index (χ2n) is 4.62. The van der Waals surface area contributed by atoms with E-state index in [2.05, 4.69) is 5.32 Å². The van der Waals surface area contributed by atoms with E-state index < -0.39 is 0 Å². The smallest absolute Gasteiger partial charge is 0.292 e. The Kier molecular flexibility index (Phi) is 4.02. The zero-order valence-corrected chi connectivity index (χ0v) is 10.5. The van der Waals surface area contributed by atoms with Crippen LogP contribution >= 0.6 is 0 Å². The van der Waals surface area contributed by atoms with Crippen LogP contribution in [0.25, 0.3) is 0 Å². The lowest BCUT2D eigenvalue weighted by Gasteiger charge is -2.23. The van der Waals surface area contributed by atoms with Crippen LogP contribution in [0.5, 0.6) is 5.75 Å². The number of hydrogen-bond acceptors (Lipinski definition) is 4. The second kappa shape index (κ2) is 5.71. The first-order valence-electron chi connectivity index (χ1n) is 6.29. The summed E-state index contributed by atoms with van der Waals surface area (Å²) in [5.41, 5.74) is 0.674. The van der Waals surface area contributed by atoms with Crippen LogP contribution in [0, 0.1) is 10.1 Å². The molecule has 1 aromatic carbocycles. The molecule has 98 valence electrons. The Bertz CT molecular complexity index is 428. The highest BCUT2D eigenvalue weighted by atomic mass is 16.6. The number of hydrogen-bond donors (Lipinski definition) is 1. The highest BCUT2D eigenvalue weighted by molar-refractivity contribution is 5.64. The number of anilines is 1. The molecule has 0 heterocycles. The lowest BCUT2D eigenvalue weighted by Crippen LogP contribution is -2.22. The molecule has 0 bridgehead atoms. The van der Waals surface area contributed by atoms with Gasteiger partial charge in [-0.15, -0.1) is 0 Å². The Morgan fingerprint density at radius 1 is 1.33 bits per heavy atom. The van der Waals surface area contributed by atoms with Gasteiger partial charge < -0.3 is 10.1 Å². The molecule has 0 spiro atoms. The summed E-state index contributed by atoms with van der Waals surface area (Å²) >= 11 is 0. The van der Waals surface area contributed by atoms with Crippen LogP contribution in [0.3, 0.4) is 0 Å². The van der Waals surface area contributed by atoms with Crippen molar-refractivity contribution in [2.24, 2.45) is 0 Å². The van der Waals surface area contributed by atoms with Crippen molar-refractivity contribution in [1.82, 2.24) is 0 Å². The maximum absolute atomic E-state index is 11.0. The number of nitrogens with one attached hydrogen (secondary N) is 1. The highest BCUT2D eigenvalue weighted by Crippen LogP contribution is 2.31. The topological polar surface area (TPSA) is 64.4 Å². The third kappa shape index (κ3) is 2.91. The van der Waals surface area contributed by atoms with Gasteiger partial charge in [0.2, 0.25) is 0 Å². The van der Waals surface area contributed by atoms with Crippen molar-refractivity contribution in [3.05, 3.63) is 28.3 Å². The quantitative estimate of drug-likeness (QED) is 0.657. The Morgan fingerprint density at radius 2 is 2.06 bits per heavy atom. The molecule has 1 saturated carbocycles. The third-order valence-electron chi connectivity index (χ3n) is 3.37. The van der Waals surface area contributed by atoms with Gasteiger partial charge in [0.25, 0.3) is 5.69 Å². The molecule has 0 saturated heterocycles. The molecular formula is C13H18N2O3. The Balaban J connectivity index is 2.19. The number of rotatable bonds is 4. The van der Waals surface area contributed by atoms with E-state index in [1.54, 1.807) is 19.2 Å². The van der Waals surface area contributed by atoms with E-state index in [-0.39, 0.29) is 10.6 Å². The maximum Gasteiger partial charge on any atom is 0.292 e. The minimum atomic E-state index is -0.357. The van der Waals surface area contributed by atoms with Gasteiger partial charge in [-0.1, -0.05) is 19.3 Å². The summed E-state index contributed by atoms with van der Waals surface area (Å²) in [5, 5.41) is 14.3. The molecule has 0 amide bonds. The molecule has 18 heavy (non-hydrogen) atoms. The molecule has 0 aromatic heterocycles. The van der Waals surface area contributed by atoms with Gasteiger partial charge in [0.15, 0.2) is 0 Å². The fourth-order valence-electron chi connectivity index (χ4n) is 2.38. The molecule has 1 fully saturated rings. The van der Waals surface area contributed by atoms with Crippen molar-refractivity contribution in [3.63, 3.8) is 0 Å². The van der Waals surface area contributed by atoms with Crippen molar-refractivity contribution < 1.29 is 9.66 Å². The highest BCUT2D eigenvalue weighted by Gasteiger charge is 2.19. The number of nitrogens with zero attached hydrogens (tertiary/aromatic N) is 1. The van der Waals surface area contributed by atoms with E-state index >= 15 is 0 Å². The normalized spacial score (nSPS) is 16.3. The fourth-order valence-corrected chi connectivity index (χ4v) is 2.38. The summed E-state index contributed by atoms with van der Waals surface area (Å²) < 4.78 is 5.12. The summed E-state index contributed by atoms with van der Waals surface area (Å²) in [4.78, 5) is 10.6. The van der Waals surface area contributed by atoms with Crippen LogP contribution in [0.15, 0.2) is 18.2 Å². The summed E-state index contributed by atoms with van der Waals surface area (Å²) in [7, 11) is 1.56. The van der Waals surface area contributed by atoms with E-state index in [1.165, 1.54) is 25.3 Å². The minimum absolute atomic E-state index is 0.112. The van der Waals surface area contributed by atoms with Gasteiger partial charge >= 0.3 is 0 Å². The van der Waals surface area contributed by atoms with Gasteiger partial charge in [0.05, 0.1) is 12.0 Å². The molecule has 0 unspecified atom stereocenters. The molecular weight excluding hydrogens is 232 g/mol. The average Bonchev–Trinajstić information content (AvgIpc) is 2.39. The van der Waals surface area contributed by atoms with Gasteiger partial charge in [-0.05, 0) is 18.9 Å². The first-order chi connectivity index (χ1) is 8.70. The van der Waals surface area contributed by atoms with Crippen LogP contribution in [0.2, 0.25) is 0 Å². The van der Waals surface area contributed by atoms with Crippen LogP contribution < -0.4 is 10.1 Å². The van der Waals surface area contributed by atoms with Crippen LogP contribution in [-0.2, 0) is 0 Å². The van der Waals surface area contributed by atoms with Gasteiger partial charge in [-0.25, -0.2) is 0 Å². The van der Waals surface area contributed by atoms with Crippen molar-refractivity contribution in [2.45, 2.75) is 38.1 Å². The predicted octanol–water partition coefficient (Wildman–Crippen LogP) is 3.35. The molecule has 1 aliphatic carbocycles. The van der Waals surface area contributed by atoms with E-state index in [0.29, 0.717) is 17.5 Å². The summed E-state index contributed by atoms with van der Waals surface area (Å²) in [6, 6.07) is 5.14. The van der Waals surface area contributed by atoms with Crippen LogP contribution in [0.1, 0.15) is 32.1 Å². The molecule has 5 heteroatoms. The van der Waals surface area contributed by atoms with Crippen LogP contribution in [-0.4, -0.2) is 18.1 Å².